The maximum Gasteiger partial charge on any atom is 0.0700 e. The summed E-state index contributed by atoms with van der Waals surface area (Å²) < 4.78 is 10.9. The van der Waals surface area contributed by atoms with Gasteiger partial charge in [0.05, 0.1) is 19.3 Å². The van der Waals surface area contributed by atoms with E-state index in [9.17, 15) is 0 Å². The molecular formula is C12H24N2O2. The van der Waals surface area contributed by atoms with Crippen LogP contribution in [0.1, 0.15) is 19.8 Å². The fourth-order valence-corrected chi connectivity index (χ4v) is 2.37. The molecule has 0 saturated carbocycles. The number of rotatable bonds is 5. The Hall–Kier alpha value is -0.160. The SMILES string of the molecule is CC(CN1CCOCC1)NC[C@H]1CCCO1. The van der Waals surface area contributed by atoms with Crippen molar-refractivity contribution in [2.24, 2.45) is 0 Å². The summed E-state index contributed by atoms with van der Waals surface area (Å²) in [5.41, 5.74) is 0. The van der Waals surface area contributed by atoms with Gasteiger partial charge in [-0.1, -0.05) is 0 Å². The Kier molecular flexibility index (Phi) is 5.03. The van der Waals surface area contributed by atoms with E-state index >= 15 is 0 Å². The Bertz CT molecular complexity index is 189. The second kappa shape index (κ2) is 6.55. The van der Waals surface area contributed by atoms with Gasteiger partial charge < -0.3 is 14.8 Å². The van der Waals surface area contributed by atoms with E-state index in [1.165, 1.54) is 12.8 Å². The molecule has 0 amide bonds. The van der Waals surface area contributed by atoms with Gasteiger partial charge >= 0.3 is 0 Å². The van der Waals surface area contributed by atoms with Gasteiger partial charge in [0, 0.05) is 38.8 Å². The van der Waals surface area contributed by atoms with Gasteiger partial charge in [0.15, 0.2) is 0 Å². The Morgan fingerprint density at radius 1 is 1.31 bits per heavy atom. The van der Waals surface area contributed by atoms with E-state index in [2.05, 4.69) is 17.1 Å². The lowest BCUT2D eigenvalue weighted by molar-refractivity contribution is 0.0332. The lowest BCUT2D eigenvalue weighted by Gasteiger charge is -2.29. The van der Waals surface area contributed by atoms with Crippen LogP contribution in [0.5, 0.6) is 0 Å². The van der Waals surface area contributed by atoms with Crippen molar-refractivity contribution in [1.29, 1.82) is 0 Å². The van der Waals surface area contributed by atoms with E-state index in [1.54, 1.807) is 0 Å². The lowest BCUT2D eigenvalue weighted by Crippen LogP contribution is -2.45. The second-order valence-electron chi connectivity index (χ2n) is 4.86. The van der Waals surface area contributed by atoms with Crippen LogP contribution in [0.4, 0.5) is 0 Å². The summed E-state index contributed by atoms with van der Waals surface area (Å²) in [6.07, 6.45) is 2.90. The third-order valence-electron chi connectivity index (χ3n) is 3.35. The Morgan fingerprint density at radius 2 is 2.12 bits per heavy atom. The molecule has 0 radical (unpaired) electrons. The number of morpholine rings is 1. The number of ether oxygens (including phenoxy) is 2. The van der Waals surface area contributed by atoms with Gasteiger partial charge in [-0.05, 0) is 19.8 Å². The van der Waals surface area contributed by atoms with Crippen molar-refractivity contribution in [1.82, 2.24) is 10.2 Å². The van der Waals surface area contributed by atoms with Crippen LogP contribution >= 0.6 is 0 Å². The van der Waals surface area contributed by atoms with Gasteiger partial charge in [-0.3, -0.25) is 4.90 Å². The van der Waals surface area contributed by atoms with E-state index in [0.717, 1.165) is 46.0 Å². The molecule has 2 aliphatic heterocycles. The summed E-state index contributed by atoms with van der Waals surface area (Å²) >= 11 is 0. The zero-order chi connectivity index (χ0) is 11.2. The molecule has 4 heteroatoms. The van der Waals surface area contributed by atoms with Crippen LogP contribution in [0.15, 0.2) is 0 Å². The Labute approximate surface area is 98.3 Å². The minimum absolute atomic E-state index is 0.451. The van der Waals surface area contributed by atoms with Crippen molar-refractivity contribution >= 4 is 0 Å². The molecule has 0 aromatic rings. The third-order valence-corrected chi connectivity index (χ3v) is 3.35. The quantitative estimate of drug-likeness (QED) is 0.742. The van der Waals surface area contributed by atoms with Crippen molar-refractivity contribution < 1.29 is 9.47 Å². The zero-order valence-electron chi connectivity index (χ0n) is 10.3. The van der Waals surface area contributed by atoms with E-state index in [1.807, 2.05) is 0 Å². The van der Waals surface area contributed by atoms with Crippen LogP contribution in [-0.2, 0) is 9.47 Å². The van der Waals surface area contributed by atoms with Crippen molar-refractivity contribution in [2.45, 2.75) is 31.9 Å². The number of hydrogen-bond acceptors (Lipinski definition) is 4. The highest BCUT2D eigenvalue weighted by Gasteiger charge is 2.17. The van der Waals surface area contributed by atoms with Crippen molar-refractivity contribution in [2.75, 3.05) is 46.0 Å². The van der Waals surface area contributed by atoms with Crippen LogP contribution in [-0.4, -0.2) is 63.0 Å². The molecule has 2 aliphatic rings. The first kappa shape index (κ1) is 12.3. The average molecular weight is 228 g/mol. The maximum absolute atomic E-state index is 5.60. The first-order valence-electron chi connectivity index (χ1n) is 6.49. The molecule has 0 aromatic carbocycles. The van der Waals surface area contributed by atoms with Gasteiger partial charge in [-0.25, -0.2) is 0 Å². The summed E-state index contributed by atoms with van der Waals surface area (Å²) in [6, 6.07) is 0.544. The Morgan fingerprint density at radius 3 is 2.81 bits per heavy atom. The molecule has 4 nitrogen and oxygen atoms in total. The normalized spacial score (nSPS) is 29.4. The van der Waals surface area contributed by atoms with E-state index in [-0.39, 0.29) is 0 Å². The largest absolute Gasteiger partial charge is 0.379 e. The van der Waals surface area contributed by atoms with Gasteiger partial charge in [0.25, 0.3) is 0 Å². The third kappa shape index (κ3) is 4.01. The monoisotopic (exact) mass is 228 g/mol. The molecule has 2 fully saturated rings. The summed E-state index contributed by atoms with van der Waals surface area (Å²) in [7, 11) is 0. The summed E-state index contributed by atoms with van der Waals surface area (Å²) in [5, 5.41) is 3.56. The van der Waals surface area contributed by atoms with Crippen LogP contribution < -0.4 is 5.32 Å². The average Bonchev–Trinajstić information content (AvgIpc) is 2.81. The topological polar surface area (TPSA) is 33.7 Å². The molecule has 94 valence electrons. The molecule has 16 heavy (non-hydrogen) atoms. The molecule has 0 spiro atoms. The first-order valence-corrected chi connectivity index (χ1v) is 6.49. The number of nitrogens with one attached hydrogen (secondary N) is 1. The summed E-state index contributed by atoms with van der Waals surface area (Å²) in [4.78, 5) is 2.47. The van der Waals surface area contributed by atoms with Gasteiger partial charge in [0.2, 0.25) is 0 Å². The first-order chi connectivity index (χ1) is 7.84. The van der Waals surface area contributed by atoms with Crippen molar-refractivity contribution in [3.63, 3.8) is 0 Å². The second-order valence-corrected chi connectivity index (χ2v) is 4.86. The highest BCUT2D eigenvalue weighted by Crippen LogP contribution is 2.10. The molecule has 2 heterocycles. The minimum Gasteiger partial charge on any atom is -0.379 e. The summed E-state index contributed by atoms with van der Waals surface area (Å²) in [6.45, 7) is 9.25. The summed E-state index contributed by atoms with van der Waals surface area (Å²) in [5.74, 6) is 0. The van der Waals surface area contributed by atoms with Crippen LogP contribution in [0.25, 0.3) is 0 Å². The minimum atomic E-state index is 0.451. The van der Waals surface area contributed by atoms with Crippen LogP contribution in [0, 0.1) is 0 Å². The predicted octanol–water partition coefficient (Wildman–Crippen LogP) is 0.476. The van der Waals surface area contributed by atoms with E-state index in [4.69, 9.17) is 9.47 Å². The zero-order valence-corrected chi connectivity index (χ0v) is 10.3. The molecule has 2 rings (SSSR count). The van der Waals surface area contributed by atoms with Gasteiger partial charge in [-0.2, -0.15) is 0 Å². The molecule has 0 bridgehead atoms. The fraction of sp³-hybridized carbons (Fsp3) is 1.00. The van der Waals surface area contributed by atoms with Crippen molar-refractivity contribution in [3.8, 4) is 0 Å². The smallest absolute Gasteiger partial charge is 0.0700 e. The number of hydrogen-bond donors (Lipinski definition) is 1. The van der Waals surface area contributed by atoms with E-state index < -0.39 is 0 Å². The standard InChI is InChI=1S/C12H24N2O2/c1-11(10-14-4-7-15-8-5-14)13-9-12-3-2-6-16-12/h11-13H,2-10H2,1H3/t11?,12-/m1/s1. The molecule has 0 aromatic heterocycles. The molecule has 1 unspecified atom stereocenters. The van der Waals surface area contributed by atoms with Crippen molar-refractivity contribution in [3.05, 3.63) is 0 Å². The van der Waals surface area contributed by atoms with Crippen LogP contribution in [0.2, 0.25) is 0 Å². The molecule has 2 atom stereocenters. The fourth-order valence-electron chi connectivity index (χ4n) is 2.37. The lowest BCUT2D eigenvalue weighted by atomic mass is 10.2. The van der Waals surface area contributed by atoms with Gasteiger partial charge in [-0.15, -0.1) is 0 Å². The number of nitrogens with zero attached hydrogens (tertiary/aromatic N) is 1. The highest BCUT2D eigenvalue weighted by atomic mass is 16.5. The molecule has 2 saturated heterocycles. The maximum atomic E-state index is 5.60. The molecular weight excluding hydrogens is 204 g/mol. The van der Waals surface area contributed by atoms with E-state index in [0.29, 0.717) is 12.1 Å². The van der Waals surface area contributed by atoms with Crippen LogP contribution in [0.3, 0.4) is 0 Å². The molecule has 0 aliphatic carbocycles. The van der Waals surface area contributed by atoms with Gasteiger partial charge in [0.1, 0.15) is 0 Å². The highest BCUT2D eigenvalue weighted by molar-refractivity contribution is 4.74. The molecule has 1 N–H and O–H groups in total. The Balaban J connectivity index is 1.57. The predicted molar refractivity (Wildman–Crippen MR) is 63.7 cm³/mol.